The summed E-state index contributed by atoms with van der Waals surface area (Å²) in [7, 11) is 3.16. The van der Waals surface area contributed by atoms with Gasteiger partial charge in [0.25, 0.3) is 11.8 Å². The number of nitrogens with zero attached hydrogens (tertiary/aromatic N) is 4. The van der Waals surface area contributed by atoms with Gasteiger partial charge in [-0.3, -0.25) is 29.0 Å². The first-order valence-electron chi connectivity index (χ1n) is 23.5. The lowest BCUT2D eigenvalue weighted by atomic mass is 9.83. The molecule has 0 aliphatic carbocycles. The zero-order chi connectivity index (χ0) is 48.4. The van der Waals surface area contributed by atoms with Crippen LogP contribution in [0.25, 0.3) is 33.3 Å². The second-order valence-electron chi connectivity index (χ2n) is 19.5. The number of nitrogens with two attached hydrogens (primary N) is 1. The third-order valence-corrected chi connectivity index (χ3v) is 13.5. The van der Waals surface area contributed by atoms with Crippen molar-refractivity contribution in [3.63, 3.8) is 0 Å². The van der Waals surface area contributed by atoms with E-state index in [9.17, 15) is 29.1 Å². The number of esters is 1. The number of nitrogen functional groups attached to an aromatic ring is 1. The van der Waals surface area contributed by atoms with Gasteiger partial charge in [-0.15, -0.1) is 0 Å². The average molecular weight is 918 g/mol. The van der Waals surface area contributed by atoms with Crippen molar-refractivity contribution in [1.82, 2.24) is 30.1 Å². The molecule has 358 valence electrons. The highest BCUT2D eigenvalue weighted by Crippen LogP contribution is 2.41. The molecule has 4 amide bonds. The minimum Gasteiger partial charge on any atom is -0.464 e. The summed E-state index contributed by atoms with van der Waals surface area (Å²) < 4.78 is 14.0. The van der Waals surface area contributed by atoms with Gasteiger partial charge in [0.2, 0.25) is 11.8 Å². The molecule has 3 aromatic carbocycles. The van der Waals surface area contributed by atoms with Gasteiger partial charge in [0.1, 0.15) is 18.1 Å². The van der Waals surface area contributed by atoms with Crippen LogP contribution in [0, 0.1) is 11.3 Å². The van der Waals surface area contributed by atoms with E-state index in [1.807, 2.05) is 12.1 Å². The van der Waals surface area contributed by atoms with Crippen LogP contribution in [0.1, 0.15) is 70.6 Å². The monoisotopic (exact) mass is 918 g/mol. The molecule has 0 radical (unpaired) electrons. The van der Waals surface area contributed by atoms with Crippen LogP contribution in [0.2, 0.25) is 0 Å². The van der Waals surface area contributed by atoms with E-state index >= 15 is 0 Å². The second-order valence-corrected chi connectivity index (χ2v) is 19.5. The van der Waals surface area contributed by atoms with E-state index in [-0.39, 0.29) is 39.1 Å². The Morgan fingerprint density at radius 1 is 1.09 bits per heavy atom. The molecule has 67 heavy (non-hydrogen) atoms. The van der Waals surface area contributed by atoms with Crippen LogP contribution >= 0.6 is 0 Å². The second kappa shape index (κ2) is 20.1. The van der Waals surface area contributed by atoms with Gasteiger partial charge in [-0.1, -0.05) is 70.7 Å². The smallest absolute Gasteiger partial charge is 0.324 e. The summed E-state index contributed by atoms with van der Waals surface area (Å²) in [4.78, 5) is 72.2. The van der Waals surface area contributed by atoms with Crippen molar-refractivity contribution in [1.29, 1.82) is 0 Å². The number of hydrazine groups is 1. The van der Waals surface area contributed by atoms with Crippen molar-refractivity contribution >= 4 is 46.2 Å². The fourth-order valence-electron chi connectivity index (χ4n) is 10.2. The van der Waals surface area contributed by atoms with Crippen molar-refractivity contribution in [3.8, 4) is 22.4 Å². The lowest BCUT2D eigenvalue weighted by Gasteiger charge is -2.37. The molecule has 4 atom stereocenters. The number of carbonyl (C=O) groups is 5. The molecular formula is C52H67N7O8. The Bertz CT molecular complexity index is 2550. The van der Waals surface area contributed by atoms with Gasteiger partial charge in [0.15, 0.2) is 5.60 Å². The molecule has 3 aliphatic heterocycles. The SMILES string of the molecule is C=CC(=O)N1CC[C@](O)(C(=O)N(C)[C@H](C(=O)N[C@H]2Cc3cc(N)cc(c3)-c3ccc4c(c3)c(c(-c3ccccc3CCOC)n4CC)CC(C)(C)COC(=O)[C@@H]3CCCN(N3)C2=O)C(C)C)C1. The molecule has 5 N–H and O–H groups in total. The van der Waals surface area contributed by atoms with Gasteiger partial charge in [0, 0.05) is 74.2 Å². The number of methoxy groups -OCH3 is 1. The highest BCUT2D eigenvalue weighted by Gasteiger charge is 2.48. The van der Waals surface area contributed by atoms with Gasteiger partial charge >= 0.3 is 5.97 Å². The van der Waals surface area contributed by atoms with Crippen molar-refractivity contribution in [2.24, 2.45) is 11.3 Å². The molecule has 4 aromatic rings. The van der Waals surface area contributed by atoms with Gasteiger partial charge in [-0.2, -0.15) is 0 Å². The van der Waals surface area contributed by atoms with Gasteiger partial charge in [-0.05, 0) is 96.7 Å². The van der Waals surface area contributed by atoms with E-state index in [4.69, 9.17) is 15.2 Å². The summed E-state index contributed by atoms with van der Waals surface area (Å²) >= 11 is 0. The number of aryl methyl sites for hydroxylation is 1. The van der Waals surface area contributed by atoms with Crippen molar-refractivity contribution in [3.05, 3.63) is 90.0 Å². The maximum Gasteiger partial charge on any atom is 0.324 e. The molecule has 0 saturated carbocycles. The Labute approximate surface area is 393 Å². The Morgan fingerprint density at radius 3 is 2.57 bits per heavy atom. The molecule has 4 heterocycles. The first-order valence-corrected chi connectivity index (χ1v) is 23.5. The summed E-state index contributed by atoms with van der Waals surface area (Å²) in [6.45, 7) is 15.0. The number of nitrogens with one attached hydrogen (secondary N) is 2. The highest BCUT2D eigenvalue weighted by molar-refractivity contribution is 5.97. The van der Waals surface area contributed by atoms with Crippen LogP contribution in [-0.2, 0) is 59.3 Å². The van der Waals surface area contributed by atoms with Gasteiger partial charge in [-0.25, -0.2) is 5.43 Å². The quantitative estimate of drug-likeness (QED) is 0.0902. The fraction of sp³-hybridized carbons (Fsp3) is 0.481. The topological polar surface area (TPSA) is 189 Å². The molecule has 15 nitrogen and oxygen atoms in total. The fourth-order valence-corrected chi connectivity index (χ4v) is 10.2. The standard InChI is InChI=1S/C52H67N7O8/c1-9-44(60)57-22-20-52(65,30-57)50(64)56(7)45(32(3)4)47(61)54-42-26-33-24-36(27-37(53)25-33)35-17-18-43-39(28-35)40(46(58(43)10-2)38-15-12-11-14-34(38)19-23-66-8)29-51(5,6)31-67-49(63)41-16-13-21-59(55-41)48(42)62/h9,11-12,14-15,17-18,24-25,27-28,32,41-42,45,55,65H,1,10,13,16,19-23,26,29-31,53H2,2-8H3,(H,54,61)/t41-,42-,45-,52+/m0/s1. The zero-order valence-corrected chi connectivity index (χ0v) is 40.0. The predicted octanol–water partition coefficient (Wildman–Crippen LogP) is 5.05. The Kier molecular flexibility index (Phi) is 14.6. The lowest BCUT2D eigenvalue weighted by Crippen LogP contribution is -2.63. The van der Waals surface area contributed by atoms with Crippen LogP contribution in [0.3, 0.4) is 0 Å². The van der Waals surface area contributed by atoms with Crippen molar-refractivity contribution in [2.75, 3.05) is 52.7 Å². The third-order valence-electron chi connectivity index (χ3n) is 13.5. The molecule has 15 heteroatoms. The van der Waals surface area contributed by atoms with Gasteiger partial charge < -0.3 is 40.0 Å². The number of amides is 4. The molecule has 0 spiro atoms. The van der Waals surface area contributed by atoms with Crippen LogP contribution < -0.4 is 16.5 Å². The highest BCUT2D eigenvalue weighted by atomic mass is 16.5. The molecule has 2 saturated heterocycles. The Morgan fingerprint density at radius 2 is 1.85 bits per heavy atom. The molecular weight excluding hydrogens is 851 g/mol. The molecule has 6 bridgehead atoms. The number of ether oxygens (including phenoxy) is 2. The average Bonchev–Trinajstić information content (AvgIpc) is 3.86. The largest absolute Gasteiger partial charge is 0.464 e. The number of likely N-dealkylation sites (tertiary alicyclic amines) is 1. The summed E-state index contributed by atoms with van der Waals surface area (Å²) in [6, 6.07) is 17.4. The number of anilines is 1. The van der Waals surface area contributed by atoms with Crippen molar-refractivity contribution < 1.29 is 38.6 Å². The summed E-state index contributed by atoms with van der Waals surface area (Å²) in [5.41, 5.74) is 15.9. The predicted molar refractivity (Wildman–Crippen MR) is 258 cm³/mol. The number of hydrogen-bond acceptors (Lipinski definition) is 10. The molecule has 3 aliphatic rings. The summed E-state index contributed by atoms with van der Waals surface area (Å²) in [5.74, 6) is -3.13. The maximum absolute atomic E-state index is 14.8. The van der Waals surface area contributed by atoms with E-state index < -0.39 is 64.7 Å². The van der Waals surface area contributed by atoms with Gasteiger partial charge in [0.05, 0.1) is 25.5 Å². The Hall–Kier alpha value is -6.03. The van der Waals surface area contributed by atoms with E-state index in [1.54, 1.807) is 27.0 Å². The normalized spacial score (nSPS) is 21.4. The molecule has 1 aromatic heterocycles. The Balaban J connectivity index is 1.31. The molecule has 7 rings (SSSR count). The third kappa shape index (κ3) is 10.3. The summed E-state index contributed by atoms with van der Waals surface area (Å²) in [6.07, 6.45) is 3.42. The number of carbonyl (C=O) groups excluding carboxylic acids is 5. The molecule has 2 fully saturated rings. The van der Waals surface area contributed by atoms with Crippen LogP contribution in [0.5, 0.6) is 0 Å². The number of β-amino-alcohol motifs (C(OH)–C–C–N with tert-alkyl or cyclic N) is 1. The number of benzene rings is 3. The van der Waals surface area contributed by atoms with Crippen molar-refractivity contribution in [2.45, 2.75) is 103 Å². The lowest BCUT2D eigenvalue weighted by molar-refractivity contribution is -0.156. The minimum atomic E-state index is -1.91. The number of cyclic esters (lactones) is 1. The van der Waals surface area contributed by atoms with E-state index in [0.717, 1.165) is 51.3 Å². The maximum atomic E-state index is 14.8. The number of aliphatic hydroxyl groups is 1. The number of aromatic nitrogens is 1. The summed E-state index contributed by atoms with van der Waals surface area (Å²) in [5, 5.41) is 16.9. The first-order chi connectivity index (χ1) is 31.9. The number of hydrogen-bond donors (Lipinski definition) is 4. The van der Waals surface area contributed by atoms with Crippen LogP contribution in [0.4, 0.5) is 5.69 Å². The van der Waals surface area contributed by atoms with Crippen LogP contribution in [0.15, 0.2) is 73.3 Å². The first kappa shape index (κ1) is 48.9. The van der Waals surface area contributed by atoms with Crippen LogP contribution in [-0.4, -0.2) is 125 Å². The minimum absolute atomic E-state index is 0.00846. The number of likely N-dealkylation sites (N-methyl/N-ethyl adjacent to an activating group) is 1. The number of fused-ring (bicyclic) bond motifs is 6. The molecule has 0 unspecified atom stereocenters. The number of rotatable bonds is 11. The zero-order valence-electron chi connectivity index (χ0n) is 40.0. The van der Waals surface area contributed by atoms with E-state index in [1.165, 1.54) is 27.4 Å². The van der Waals surface area contributed by atoms with E-state index in [0.29, 0.717) is 43.7 Å². The van der Waals surface area contributed by atoms with E-state index in [2.05, 4.69) is 85.1 Å².